The summed E-state index contributed by atoms with van der Waals surface area (Å²) >= 11 is 0. The lowest BCUT2D eigenvalue weighted by Gasteiger charge is -2.27. The number of rotatable bonds is 9. The fraction of sp³-hybridized carbons (Fsp3) is 0.667. The van der Waals surface area contributed by atoms with E-state index in [9.17, 15) is 13.2 Å². The van der Waals surface area contributed by atoms with Crippen molar-refractivity contribution in [3.05, 3.63) is 18.2 Å². The average Bonchev–Trinajstić information content (AvgIpc) is 3.45. The molecule has 1 aromatic carbocycles. The van der Waals surface area contributed by atoms with Crippen molar-refractivity contribution in [2.45, 2.75) is 50.1 Å². The van der Waals surface area contributed by atoms with Gasteiger partial charge >= 0.3 is 0 Å². The number of aryl methyl sites for hydroxylation is 1. The summed E-state index contributed by atoms with van der Waals surface area (Å²) in [6.45, 7) is 7.88. The Hall–Kier alpha value is -2.08. The Kier molecular flexibility index (Phi) is 7.39. The van der Waals surface area contributed by atoms with Crippen LogP contribution in [0.25, 0.3) is 11.0 Å². The Labute approximate surface area is 188 Å². The number of benzene rings is 1. The Bertz CT molecular complexity index is 1030. The number of carbonyl (C=O) groups excluding carboxylic acids is 1. The quantitative estimate of drug-likeness (QED) is 0.548. The molecule has 2 aliphatic heterocycles. The molecule has 10 nitrogen and oxygen atoms in total. The molecule has 1 amide bonds. The second kappa shape index (κ2) is 10.2. The summed E-state index contributed by atoms with van der Waals surface area (Å²) < 4.78 is 35.1. The van der Waals surface area contributed by atoms with E-state index in [2.05, 4.69) is 20.5 Å². The molecule has 1 N–H and O–H groups in total. The zero-order chi connectivity index (χ0) is 22.6. The standard InChI is InChI=1S/C21H32N6O4S/c1-2-9-26-19-7-6-17(16-18(19)23-24-26)32(29,30)27-11-3-5-20(27)21(28)22-8-4-10-25-12-14-31-15-13-25/h6-7,16,20H,2-5,8-15H2,1H3,(H,22,28)/t20-/m0/s1. The molecule has 0 radical (unpaired) electrons. The van der Waals surface area contributed by atoms with Gasteiger partial charge < -0.3 is 10.1 Å². The Balaban J connectivity index is 1.39. The molecule has 2 fully saturated rings. The minimum absolute atomic E-state index is 0.153. The molecule has 4 rings (SSSR count). The van der Waals surface area contributed by atoms with Crippen LogP contribution in [0.4, 0.5) is 0 Å². The number of morpholine rings is 1. The van der Waals surface area contributed by atoms with Gasteiger partial charge in [-0.05, 0) is 50.4 Å². The number of sulfonamides is 1. The summed E-state index contributed by atoms with van der Waals surface area (Å²) in [5.41, 5.74) is 1.35. The first-order chi connectivity index (χ1) is 15.5. The highest BCUT2D eigenvalue weighted by Gasteiger charge is 2.39. The van der Waals surface area contributed by atoms with Crippen molar-refractivity contribution < 1.29 is 17.9 Å². The Morgan fingerprint density at radius 3 is 2.81 bits per heavy atom. The first-order valence-electron chi connectivity index (χ1n) is 11.4. The van der Waals surface area contributed by atoms with Crippen LogP contribution in [0.15, 0.2) is 23.1 Å². The third kappa shape index (κ3) is 4.95. The fourth-order valence-electron chi connectivity index (χ4n) is 4.37. The molecule has 2 aliphatic rings. The molecule has 0 unspecified atom stereocenters. The summed E-state index contributed by atoms with van der Waals surface area (Å²) in [5, 5.41) is 11.2. The molecule has 32 heavy (non-hydrogen) atoms. The molecular formula is C21H32N6O4S. The largest absolute Gasteiger partial charge is 0.379 e. The van der Waals surface area contributed by atoms with Gasteiger partial charge in [-0.3, -0.25) is 9.69 Å². The second-order valence-corrected chi connectivity index (χ2v) is 10.2. The number of amides is 1. The molecule has 0 spiro atoms. The first-order valence-corrected chi connectivity index (χ1v) is 12.9. The zero-order valence-electron chi connectivity index (χ0n) is 18.6. The van der Waals surface area contributed by atoms with Crippen LogP contribution in [0.1, 0.15) is 32.6 Å². The predicted molar refractivity (Wildman–Crippen MR) is 120 cm³/mol. The highest BCUT2D eigenvalue weighted by Crippen LogP contribution is 2.28. The van der Waals surface area contributed by atoms with Gasteiger partial charge in [0.1, 0.15) is 11.6 Å². The summed E-state index contributed by atoms with van der Waals surface area (Å²) in [4.78, 5) is 15.3. The third-order valence-electron chi connectivity index (χ3n) is 6.09. The van der Waals surface area contributed by atoms with Crippen molar-refractivity contribution in [2.24, 2.45) is 0 Å². The summed E-state index contributed by atoms with van der Waals surface area (Å²) in [5.74, 6) is -0.219. The van der Waals surface area contributed by atoms with Gasteiger partial charge in [0.2, 0.25) is 15.9 Å². The van der Waals surface area contributed by atoms with E-state index < -0.39 is 16.1 Å². The van der Waals surface area contributed by atoms with Crippen LogP contribution in [-0.4, -0.2) is 90.5 Å². The van der Waals surface area contributed by atoms with Gasteiger partial charge in [0.25, 0.3) is 0 Å². The van der Waals surface area contributed by atoms with Crippen LogP contribution in [0, 0.1) is 0 Å². The van der Waals surface area contributed by atoms with Crippen LogP contribution in [-0.2, 0) is 26.1 Å². The molecule has 1 aromatic heterocycles. The van der Waals surface area contributed by atoms with E-state index in [0.29, 0.717) is 31.4 Å². The van der Waals surface area contributed by atoms with E-state index in [1.165, 1.54) is 4.31 Å². The minimum Gasteiger partial charge on any atom is -0.379 e. The van der Waals surface area contributed by atoms with Gasteiger partial charge in [0.05, 0.1) is 23.6 Å². The smallest absolute Gasteiger partial charge is 0.243 e. The molecular weight excluding hydrogens is 432 g/mol. The van der Waals surface area contributed by atoms with E-state index in [0.717, 1.165) is 57.8 Å². The van der Waals surface area contributed by atoms with Crippen LogP contribution < -0.4 is 5.32 Å². The molecule has 176 valence electrons. The topological polar surface area (TPSA) is 110 Å². The lowest BCUT2D eigenvalue weighted by atomic mass is 10.2. The third-order valence-corrected chi connectivity index (χ3v) is 7.99. The van der Waals surface area contributed by atoms with Crippen LogP contribution >= 0.6 is 0 Å². The monoisotopic (exact) mass is 464 g/mol. The Morgan fingerprint density at radius 1 is 1.22 bits per heavy atom. The highest BCUT2D eigenvalue weighted by molar-refractivity contribution is 7.89. The molecule has 2 aromatic rings. The van der Waals surface area contributed by atoms with Crippen molar-refractivity contribution in [2.75, 3.05) is 45.9 Å². The molecule has 11 heteroatoms. The van der Waals surface area contributed by atoms with Gasteiger partial charge in [-0.1, -0.05) is 12.1 Å². The van der Waals surface area contributed by atoms with Gasteiger partial charge in [-0.2, -0.15) is 4.31 Å². The van der Waals surface area contributed by atoms with E-state index in [1.54, 1.807) is 22.9 Å². The number of nitrogens with one attached hydrogen (secondary N) is 1. The number of ether oxygens (including phenoxy) is 1. The summed E-state index contributed by atoms with van der Waals surface area (Å²) in [7, 11) is -3.80. The number of hydrogen-bond acceptors (Lipinski definition) is 7. The van der Waals surface area contributed by atoms with E-state index in [4.69, 9.17) is 4.74 Å². The van der Waals surface area contributed by atoms with Crippen LogP contribution in [0.3, 0.4) is 0 Å². The normalized spacial score (nSPS) is 20.7. The maximum Gasteiger partial charge on any atom is 0.243 e. The lowest BCUT2D eigenvalue weighted by molar-refractivity contribution is -0.124. The van der Waals surface area contributed by atoms with Gasteiger partial charge in [0.15, 0.2) is 0 Å². The number of hydrogen-bond donors (Lipinski definition) is 1. The maximum absolute atomic E-state index is 13.3. The average molecular weight is 465 g/mol. The number of aromatic nitrogens is 3. The fourth-order valence-corrected chi connectivity index (χ4v) is 6.05. The molecule has 0 bridgehead atoms. The molecule has 0 saturated carbocycles. The molecule has 0 aliphatic carbocycles. The Morgan fingerprint density at radius 2 is 2.03 bits per heavy atom. The lowest BCUT2D eigenvalue weighted by Crippen LogP contribution is -2.46. The van der Waals surface area contributed by atoms with Gasteiger partial charge in [-0.25, -0.2) is 13.1 Å². The van der Waals surface area contributed by atoms with Crippen molar-refractivity contribution in [3.63, 3.8) is 0 Å². The van der Waals surface area contributed by atoms with Gasteiger partial charge in [-0.15, -0.1) is 5.10 Å². The molecule has 1 atom stereocenters. The van der Waals surface area contributed by atoms with Crippen LogP contribution in [0.5, 0.6) is 0 Å². The zero-order valence-corrected chi connectivity index (χ0v) is 19.4. The number of fused-ring (bicyclic) bond motifs is 1. The number of nitrogens with zero attached hydrogens (tertiary/aromatic N) is 5. The summed E-state index contributed by atoms with van der Waals surface area (Å²) in [6.07, 6.45) is 2.94. The van der Waals surface area contributed by atoms with E-state index >= 15 is 0 Å². The predicted octanol–water partition coefficient (Wildman–Crippen LogP) is 0.833. The van der Waals surface area contributed by atoms with Crippen molar-refractivity contribution in [1.82, 2.24) is 29.5 Å². The van der Waals surface area contributed by atoms with Crippen molar-refractivity contribution >= 4 is 27.0 Å². The van der Waals surface area contributed by atoms with Gasteiger partial charge in [0, 0.05) is 32.7 Å². The van der Waals surface area contributed by atoms with E-state index in [1.807, 2.05) is 6.92 Å². The van der Waals surface area contributed by atoms with Crippen molar-refractivity contribution in [3.8, 4) is 0 Å². The second-order valence-electron chi connectivity index (χ2n) is 8.34. The van der Waals surface area contributed by atoms with Crippen LogP contribution in [0.2, 0.25) is 0 Å². The first kappa shape index (κ1) is 23.1. The molecule has 3 heterocycles. The SMILES string of the molecule is CCCn1nnc2cc(S(=O)(=O)N3CCC[C@H]3C(=O)NCCCN3CCOCC3)ccc21. The van der Waals surface area contributed by atoms with E-state index in [-0.39, 0.29) is 10.8 Å². The maximum atomic E-state index is 13.3. The summed E-state index contributed by atoms with van der Waals surface area (Å²) in [6, 6.07) is 4.21. The number of carbonyl (C=O) groups is 1. The highest BCUT2D eigenvalue weighted by atomic mass is 32.2. The van der Waals surface area contributed by atoms with Crippen molar-refractivity contribution in [1.29, 1.82) is 0 Å². The minimum atomic E-state index is -3.80. The molecule has 2 saturated heterocycles.